The number of esters is 1. The van der Waals surface area contributed by atoms with E-state index in [1.54, 1.807) is 23.9 Å². The Labute approximate surface area is 117 Å². The van der Waals surface area contributed by atoms with Gasteiger partial charge in [-0.15, -0.1) is 0 Å². The van der Waals surface area contributed by atoms with E-state index in [-0.39, 0.29) is 17.4 Å². The van der Waals surface area contributed by atoms with Gasteiger partial charge >= 0.3 is 5.97 Å². The fourth-order valence-electron chi connectivity index (χ4n) is 1.54. The minimum absolute atomic E-state index is 0.0988. The third-order valence-electron chi connectivity index (χ3n) is 2.52. The molecule has 0 aliphatic heterocycles. The quantitative estimate of drug-likeness (QED) is 0.589. The molecule has 0 aliphatic carbocycles. The Morgan fingerprint density at radius 3 is 2.74 bits per heavy atom. The highest BCUT2D eigenvalue weighted by Crippen LogP contribution is 2.15. The van der Waals surface area contributed by atoms with Crippen molar-refractivity contribution in [3.8, 4) is 0 Å². The molecule has 0 saturated carbocycles. The summed E-state index contributed by atoms with van der Waals surface area (Å²) >= 11 is 1.29. The van der Waals surface area contributed by atoms with E-state index in [4.69, 9.17) is 0 Å². The zero-order valence-electron chi connectivity index (χ0n) is 11.8. The van der Waals surface area contributed by atoms with Crippen molar-refractivity contribution in [2.45, 2.75) is 32.3 Å². The zero-order chi connectivity index (χ0) is 14.4. The summed E-state index contributed by atoms with van der Waals surface area (Å²) in [6.45, 7) is 6.55. The van der Waals surface area contributed by atoms with Crippen LogP contribution in [0.1, 0.15) is 20.8 Å². The second kappa shape index (κ2) is 7.33. The normalized spacial score (nSPS) is 12.5. The Morgan fingerprint density at radius 2 is 2.16 bits per heavy atom. The van der Waals surface area contributed by atoms with Gasteiger partial charge in [-0.25, -0.2) is 4.98 Å². The van der Waals surface area contributed by atoms with Crippen LogP contribution in [0, 0.1) is 11.8 Å². The van der Waals surface area contributed by atoms with Crippen LogP contribution >= 0.6 is 11.8 Å². The first kappa shape index (κ1) is 15.8. The summed E-state index contributed by atoms with van der Waals surface area (Å²) in [5.74, 6) is 0.355. The van der Waals surface area contributed by atoms with Crippen LogP contribution < -0.4 is 5.56 Å². The molecule has 0 fully saturated rings. The number of thioether (sulfide) groups is 1. The van der Waals surface area contributed by atoms with Crippen LogP contribution in [0.4, 0.5) is 0 Å². The van der Waals surface area contributed by atoms with Gasteiger partial charge in [0, 0.05) is 24.7 Å². The molecule has 6 heteroatoms. The van der Waals surface area contributed by atoms with Crippen molar-refractivity contribution in [1.29, 1.82) is 0 Å². The Bertz CT molecular complexity index is 485. The van der Waals surface area contributed by atoms with Crippen LogP contribution in [-0.4, -0.2) is 28.4 Å². The Kier molecular flexibility index (Phi) is 6.08. The van der Waals surface area contributed by atoms with Gasteiger partial charge in [0.15, 0.2) is 5.03 Å². The van der Waals surface area contributed by atoms with Gasteiger partial charge in [-0.05, 0) is 5.92 Å². The van der Waals surface area contributed by atoms with E-state index in [9.17, 15) is 9.59 Å². The van der Waals surface area contributed by atoms with E-state index >= 15 is 0 Å². The van der Waals surface area contributed by atoms with Crippen LogP contribution in [0.15, 0.2) is 22.2 Å². The predicted molar refractivity (Wildman–Crippen MR) is 75.2 cm³/mol. The molecule has 0 bridgehead atoms. The lowest BCUT2D eigenvalue weighted by atomic mass is 10.2. The molecular weight excluding hydrogens is 264 g/mol. The van der Waals surface area contributed by atoms with Gasteiger partial charge in [-0.2, -0.15) is 0 Å². The van der Waals surface area contributed by atoms with Crippen molar-refractivity contribution in [3.63, 3.8) is 0 Å². The standard InChI is InChI=1S/C13H20N2O3S/c1-9(2)7-15-6-5-14-11(12(15)16)19-8-10(3)13(17)18-4/h5-6,9-10H,7-8H2,1-4H3. The van der Waals surface area contributed by atoms with E-state index in [1.165, 1.54) is 18.9 Å². The van der Waals surface area contributed by atoms with Gasteiger partial charge in [0.2, 0.25) is 0 Å². The number of nitrogens with zero attached hydrogens (tertiary/aromatic N) is 2. The number of hydrogen-bond donors (Lipinski definition) is 0. The molecule has 0 spiro atoms. The van der Waals surface area contributed by atoms with Crippen LogP contribution in [-0.2, 0) is 16.1 Å². The number of aromatic nitrogens is 2. The number of carbonyl (C=O) groups is 1. The lowest BCUT2D eigenvalue weighted by molar-refractivity contribution is -0.143. The topological polar surface area (TPSA) is 61.2 Å². The molecule has 1 heterocycles. The fourth-order valence-corrected chi connectivity index (χ4v) is 2.46. The highest BCUT2D eigenvalue weighted by molar-refractivity contribution is 7.99. The molecule has 0 radical (unpaired) electrons. The number of ether oxygens (including phenoxy) is 1. The summed E-state index contributed by atoms with van der Waals surface area (Å²) in [4.78, 5) is 27.5. The van der Waals surface area contributed by atoms with Gasteiger partial charge in [0.05, 0.1) is 13.0 Å². The molecule has 0 N–H and O–H groups in total. The summed E-state index contributed by atoms with van der Waals surface area (Å²) in [5.41, 5.74) is -0.0988. The Balaban J connectivity index is 2.74. The van der Waals surface area contributed by atoms with Crippen LogP contribution in [0.5, 0.6) is 0 Å². The maximum absolute atomic E-state index is 12.1. The second-order valence-electron chi connectivity index (χ2n) is 4.82. The minimum Gasteiger partial charge on any atom is -0.469 e. The molecule has 1 unspecified atom stereocenters. The molecule has 1 aromatic heterocycles. The highest BCUT2D eigenvalue weighted by atomic mass is 32.2. The van der Waals surface area contributed by atoms with Crippen molar-refractivity contribution in [1.82, 2.24) is 9.55 Å². The average Bonchev–Trinajstić information content (AvgIpc) is 2.38. The summed E-state index contributed by atoms with van der Waals surface area (Å²) in [7, 11) is 1.36. The summed E-state index contributed by atoms with van der Waals surface area (Å²) in [6.07, 6.45) is 3.31. The molecule has 5 nitrogen and oxygen atoms in total. The summed E-state index contributed by atoms with van der Waals surface area (Å²) < 4.78 is 6.31. The number of rotatable bonds is 6. The molecule has 1 atom stereocenters. The molecule has 1 rings (SSSR count). The van der Waals surface area contributed by atoms with Crippen molar-refractivity contribution < 1.29 is 9.53 Å². The van der Waals surface area contributed by atoms with Gasteiger partial charge in [0.25, 0.3) is 5.56 Å². The third kappa shape index (κ3) is 4.70. The SMILES string of the molecule is COC(=O)C(C)CSc1nccn(CC(C)C)c1=O. The maximum Gasteiger partial charge on any atom is 0.309 e. The van der Waals surface area contributed by atoms with E-state index in [2.05, 4.69) is 23.6 Å². The highest BCUT2D eigenvalue weighted by Gasteiger charge is 2.15. The van der Waals surface area contributed by atoms with E-state index in [0.717, 1.165) is 0 Å². The molecular formula is C13H20N2O3S. The number of carbonyl (C=O) groups excluding carboxylic acids is 1. The summed E-state index contributed by atoms with van der Waals surface area (Å²) in [6, 6.07) is 0. The van der Waals surface area contributed by atoms with Crippen molar-refractivity contribution in [3.05, 3.63) is 22.7 Å². The smallest absolute Gasteiger partial charge is 0.309 e. The monoisotopic (exact) mass is 284 g/mol. The van der Waals surface area contributed by atoms with Crippen molar-refractivity contribution in [2.24, 2.45) is 11.8 Å². The molecule has 0 amide bonds. The van der Waals surface area contributed by atoms with Gasteiger partial charge in [-0.3, -0.25) is 9.59 Å². The molecule has 106 valence electrons. The van der Waals surface area contributed by atoms with E-state index in [0.29, 0.717) is 23.2 Å². The van der Waals surface area contributed by atoms with Crippen LogP contribution in [0.2, 0.25) is 0 Å². The number of methoxy groups -OCH3 is 1. The predicted octanol–water partition coefficient (Wildman–Crippen LogP) is 1.80. The Morgan fingerprint density at radius 1 is 1.47 bits per heavy atom. The van der Waals surface area contributed by atoms with E-state index < -0.39 is 0 Å². The first-order chi connectivity index (χ1) is 8.95. The largest absolute Gasteiger partial charge is 0.469 e. The molecule has 0 saturated heterocycles. The molecule has 1 aromatic rings. The first-order valence-corrected chi connectivity index (χ1v) is 7.20. The van der Waals surface area contributed by atoms with Crippen LogP contribution in [0.3, 0.4) is 0 Å². The first-order valence-electron chi connectivity index (χ1n) is 6.21. The number of hydrogen-bond acceptors (Lipinski definition) is 5. The second-order valence-corrected chi connectivity index (χ2v) is 5.83. The average molecular weight is 284 g/mol. The lowest BCUT2D eigenvalue weighted by Gasteiger charge is -2.10. The van der Waals surface area contributed by atoms with Crippen LogP contribution in [0.25, 0.3) is 0 Å². The van der Waals surface area contributed by atoms with E-state index in [1.807, 2.05) is 0 Å². The van der Waals surface area contributed by atoms with Gasteiger partial charge in [-0.1, -0.05) is 32.5 Å². The Hall–Kier alpha value is -1.30. The van der Waals surface area contributed by atoms with Crippen molar-refractivity contribution in [2.75, 3.05) is 12.9 Å². The maximum atomic E-state index is 12.1. The fraction of sp³-hybridized carbons (Fsp3) is 0.615. The molecule has 0 aliphatic rings. The zero-order valence-corrected chi connectivity index (χ0v) is 12.6. The lowest BCUT2D eigenvalue weighted by Crippen LogP contribution is -2.24. The van der Waals surface area contributed by atoms with Crippen molar-refractivity contribution >= 4 is 17.7 Å². The molecule has 19 heavy (non-hydrogen) atoms. The third-order valence-corrected chi connectivity index (χ3v) is 3.74. The minimum atomic E-state index is -0.272. The summed E-state index contributed by atoms with van der Waals surface area (Å²) in [5, 5.41) is 0.430. The molecule has 0 aromatic carbocycles. The van der Waals surface area contributed by atoms with Gasteiger partial charge < -0.3 is 9.30 Å². The van der Waals surface area contributed by atoms with Gasteiger partial charge in [0.1, 0.15) is 0 Å².